The summed E-state index contributed by atoms with van der Waals surface area (Å²) in [5, 5.41) is 0.654. The third kappa shape index (κ3) is 2.49. The summed E-state index contributed by atoms with van der Waals surface area (Å²) in [6, 6.07) is 9.50. The fourth-order valence-corrected chi connectivity index (χ4v) is 1.73. The largest absolute Gasteiger partial charge is 0.353 e. The molecule has 0 aliphatic heterocycles. The molecule has 0 aliphatic rings. The summed E-state index contributed by atoms with van der Waals surface area (Å²) in [7, 11) is 1.95. The minimum Gasteiger partial charge on any atom is -0.353 e. The molecule has 2 aromatic heterocycles. The van der Waals surface area contributed by atoms with Crippen molar-refractivity contribution in [3.63, 3.8) is 0 Å². The fourth-order valence-electron chi connectivity index (χ4n) is 1.47. The molecule has 3 nitrogen and oxygen atoms in total. The van der Waals surface area contributed by atoms with Crippen molar-refractivity contribution in [2.75, 3.05) is 11.9 Å². The molecule has 0 saturated carbocycles. The molecule has 0 unspecified atom stereocenters. The standard InChI is InChI=1S/C12H12ClN3/c1-16(9-10-5-2-3-7-14-10)12-11(13)6-4-8-15-12/h2-8H,9H2,1H3. The summed E-state index contributed by atoms with van der Waals surface area (Å²) in [4.78, 5) is 10.5. The van der Waals surface area contributed by atoms with E-state index in [9.17, 15) is 0 Å². The van der Waals surface area contributed by atoms with E-state index < -0.39 is 0 Å². The van der Waals surface area contributed by atoms with Gasteiger partial charge in [-0.2, -0.15) is 0 Å². The molecule has 0 aromatic carbocycles. The van der Waals surface area contributed by atoms with E-state index >= 15 is 0 Å². The van der Waals surface area contributed by atoms with Gasteiger partial charge in [0.2, 0.25) is 0 Å². The number of anilines is 1. The van der Waals surface area contributed by atoms with Gasteiger partial charge >= 0.3 is 0 Å². The Hall–Kier alpha value is -1.61. The van der Waals surface area contributed by atoms with Crippen LogP contribution in [-0.2, 0) is 6.54 Å². The van der Waals surface area contributed by atoms with Gasteiger partial charge in [0.25, 0.3) is 0 Å². The van der Waals surface area contributed by atoms with E-state index in [1.54, 1.807) is 12.4 Å². The van der Waals surface area contributed by atoms with E-state index in [2.05, 4.69) is 9.97 Å². The van der Waals surface area contributed by atoms with Crippen LogP contribution in [0.1, 0.15) is 5.69 Å². The van der Waals surface area contributed by atoms with Gasteiger partial charge in [-0.05, 0) is 24.3 Å². The number of halogens is 1. The average molecular weight is 234 g/mol. The van der Waals surface area contributed by atoms with Gasteiger partial charge in [0, 0.05) is 19.4 Å². The van der Waals surface area contributed by atoms with E-state index in [1.807, 2.05) is 42.3 Å². The van der Waals surface area contributed by atoms with Gasteiger partial charge in [0.15, 0.2) is 0 Å². The molecule has 2 heterocycles. The second kappa shape index (κ2) is 4.94. The van der Waals surface area contributed by atoms with Crippen LogP contribution < -0.4 is 4.90 Å². The van der Waals surface area contributed by atoms with Crippen LogP contribution in [0.4, 0.5) is 5.82 Å². The van der Waals surface area contributed by atoms with Crippen molar-refractivity contribution in [2.45, 2.75) is 6.54 Å². The lowest BCUT2D eigenvalue weighted by molar-refractivity contribution is 0.866. The van der Waals surface area contributed by atoms with Gasteiger partial charge in [-0.3, -0.25) is 4.98 Å². The molecule has 2 aromatic rings. The molecule has 82 valence electrons. The summed E-state index contributed by atoms with van der Waals surface area (Å²) in [6.07, 6.45) is 3.51. The highest BCUT2D eigenvalue weighted by molar-refractivity contribution is 6.32. The topological polar surface area (TPSA) is 29.0 Å². The van der Waals surface area contributed by atoms with Crippen molar-refractivity contribution in [3.8, 4) is 0 Å². The Kier molecular flexibility index (Phi) is 3.37. The van der Waals surface area contributed by atoms with E-state index in [4.69, 9.17) is 11.6 Å². The third-order valence-electron chi connectivity index (χ3n) is 2.23. The van der Waals surface area contributed by atoms with Crippen molar-refractivity contribution in [1.29, 1.82) is 0 Å². The quantitative estimate of drug-likeness (QED) is 0.816. The highest BCUT2D eigenvalue weighted by Crippen LogP contribution is 2.21. The minimum absolute atomic E-state index is 0.654. The summed E-state index contributed by atoms with van der Waals surface area (Å²) >= 11 is 6.06. The molecule has 0 fully saturated rings. The highest BCUT2D eigenvalue weighted by Gasteiger charge is 2.07. The number of hydrogen-bond donors (Lipinski definition) is 0. The number of pyridine rings is 2. The molecule has 0 saturated heterocycles. The summed E-state index contributed by atoms with van der Waals surface area (Å²) in [6.45, 7) is 0.692. The van der Waals surface area contributed by atoms with Crippen LogP contribution in [0.25, 0.3) is 0 Å². The number of aromatic nitrogens is 2. The second-order valence-electron chi connectivity index (χ2n) is 3.49. The first-order valence-corrected chi connectivity index (χ1v) is 5.37. The van der Waals surface area contributed by atoms with Gasteiger partial charge in [-0.1, -0.05) is 17.7 Å². The number of rotatable bonds is 3. The Morgan fingerprint density at radius 1 is 1.12 bits per heavy atom. The van der Waals surface area contributed by atoms with E-state index in [0.717, 1.165) is 11.5 Å². The summed E-state index contributed by atoms with van der Waals surface area (Å²) < 4.78 is 0. The van der Waals surface area contributed by atoms with Crippen molar-refractivity contribution in [1.82, 2.24) is 9.97 Å². The van der Waals surface area contributed by atoms with E-state index in [1.165, 1.54) is 0 Å². The average Bonchev–Trinajstić information content (AvgIpc) is 2.31. The highest BCUT2D eigenvalue weighted by atomic mass is 35.5. The Labute approximate surface area is 99.7 Å². The Morgan fingerprint density at radius 3 is 2.62 bits per heavy atom. The second-order valence-corrected chi connectivity index (χ2v) is 3.89. The predicted octanol–water partition coefficient (Wildman–Crippen LogP) is 2.77. The Balaban J connectivity index is 2.15. The third-order valence-corrected chi connectivity index (χ3v) is 2.52. The van der Waals surface area contributed by atoms with E-state index in [-0.39, 0.29) is 0 Å². The zero-order chi connectivity index (χ0) is 11.4. The molecule has 2 rings (SSSR count). The molecule has 0 amide bonds. The Morgan fingerprint density at radius 2 is 1.94 bits per heavy atom. The van der Waals surface area contributed by atoms with Crippen molar-refractivity contribution in [2.24, 2.45) is 0 Å². The summed E-state index contributed by atoms with van der Waals surface area (Å²) in [5.74, 6) is 0.773. The maximum atomic E-state index is 6.06. The fraction of sp³-hybridized carbons (Fsp3) is 0.167. The maximum Gasteiger partial charge on any atom is 0.147 e. The van der Waals surface area contributed by atoms with Gasteiger partial charge in [0.1, 0.15) is 5.82 Å². The van der Waals surface area contributed by atoms with E-state index in [0.29, 0.717) is 11.6 Å². The normalized spacial score (nSPS) is 10.1. The molecule has 0 radical (unpaired) electrons. The van der Waals surface area contributed by atoms with Crippen LogP contribution in [0.15, 0.2) is 42.7 Å². The first-order valence-electron chi connectivity index (χ1n) is 4.99. The summed E-state index contributed by atoms with van der Waals surface area (Å²) in [5.41, 5.74) is 0.992. The first kappa shape index (κ1) is 10.9. The molecule has 0 atom stereocenters. The molecular formula is C12H12ClN3. The van der Waals surface area contributed by atoms with Crippen LogP contribution in [0, 0.1) is 0 Å². The van der Waals surface area contributed by atoms with Gasteiger partial charge < -0.3 is 4.90 Å². The van der Waals surface area contributed by atoms with Gasteiger partial charge in [-0.25, -0.2) is 4.98 Å². The van der Waals surface area contributed by atoms with Crippen LogP contribution in [-0.4, -0.2) is 17.0 Å². The monoisotopic (exact) mass is 233 g/mol. The molecule has 16 heavy (non-hydrogen) atoms. The minimum atomic E-state index is 0.654. The SMILES string of the molecule is CN(Cc1ccccn1)c1ncccc1Cl. The van der Waals surface area contributed by atoms with Gasteiger partial charge in [-0.15, -0.1) is 0 Å². The zero-order valence-electron chi connectivity index (χ0n) is 8.97. The van der Waals surface area contributed by atoms with Crippen LogP contribution in [0.2, 0.25) is 5.02 Å². The number of nitrogens with zero attached hydrogens (tertiary/aromatic N) is 3. The molecule has 0 aliphatic carbocycles. The lowest BCUT2D eigenvalue weighted by atomic mass is 10.3. The number of hydrogen-bond acceptors (Lipinski definition) is 3. The van der Waals surface area contributed by atoms with Crippen molar-refractivity contribution >= 4 is 17.4 Å². The van der Waals surface area contributed by atoms with Crippen molar-refractivity contribution < 1.29 is 0 Å². The van der Waals surface area contributed by atoms with Crippen LogP contribution in [0.5, 0.6) is 0 Å². The molecular weight excluding hydrogens is 222 g/mol. The predicted molar refractivity (Wildman–Crippen MR) is 65.6 cm³/mol. The van der Waals surface area contributed by atoms with Crippen LogP contribution >= 0.6 is 11.6 Å². The maximum absolute atomic E-state index is 6.06. The van der Waals surface area contributed by atoms with Crippen molar-refractivity contribution in [3.05, 3.63) is 53.4 Å². The molecule has 0 bridgehead atoms. The molecule has 4 heteroatoms. The lowest BCUT2D eigenvalue weighted by Crippen LogP contribution is -2.18. The first-order chi connectivity index (χ1) is 7.77. The lowest BCUT2D eigenvalue weighted by Gasteiger charge is -2.18. The smallest absolute Gasteiger partial charge is 0.147 e. The van der Waals surface area contributed by atoms with Crippen LogP contribution in [0.3, 0.4) is 0 Å². The molecule has 0 N–H and O–H groups in total. The van der Waals surface area contributed by atoms with Gasteiger partial charge in [0.05, 0.1) is 17.3 Å². The molecule has 0 spiro atoms. The zero-order valence-corrected chi connectivity index (χ0v) is 9.72. The Bertz CT molecular complexity index is 459.